The lowest BCUT2D eigenvalue weighted by Gasteiger charge is -2.12. The Morgan fingerprint density at radius 2 is 1.61 bits per heavy atom. The van der Waals surface area contributed by atoms with Crippen LogP contribution in [0.1, 0.15) is 21.5 Å². The third kappa shape index (κ3) is 5.14. The predicted molar refractivity (Wildman–Crippen MR) is 108 cm³/mol. The monoisotopic (exact) mass is 374 g/mol. The summed E-state index contributed by atoms with van der Waals surface area (Å²) in [5.74, 6) is -1.26. The molecular weight excluding hydrogens is 355 g/mol. The van der Waals surface area contributed by atoms with Gasteiger partial charge >= 0.3 is 0 Å². The van der Waals surface area contributed by atoms with Crippen LogP contribution in [0.15, 0.2) is 84.6 Å². The molecule has 0 spiro atoms. The number of aryl methyl sites for hydroxylation is 1. The molecule has 4 nitrogen and oxygen atoms in total. The minimum absolute atomic E-state index is 0.0574. The number of nitrogens with one attached hydrogen (secondary N) is 2. The van der Waals surface area contributed by atoms with Gasteiger partial charge < -0.3 is 10.6 Å². The SMILES string of the molecule is Cc1cccc(NC(=O)/C(=C/c2ccc(F)cc2)NC(=O)c2ccccc2)c1. The van der Waals surface area contributed by atoms with Crippen molar-refractivity contribution < 1.29 is 14.0 Å². The Morgan fingerprint density at radius 3 is 2.29 bits per heavy atom. The smallest absolute Gasteiger partial charge is 0.272 e. The highest BCUT2D eigenvalue weighted by atomic mass is 19.1. The molecule has 0 atom stereocenters. The van der Waals surface area contributed by atoms with Crippen LogP contribution >= 0.6 is 0 Å². The Kier molecular flexibility index (Phi) is 5.97. The topological polar surface area (TPSA) is 58.2 Å². The third-order valence-electron chi connectivity index (χ3n) is 3.99. The zero-order chi connectivity index (χ0) is 19.9. The van der Waals surface area contributed by atoms with Crippen LogP contribution in [0.3, 0.4) is 0 Å². The summed E-state index contributed by atoms with van der Waals surface area (Å²) in [6.07, 6.45) is 1.51. The van der Waals surface area contributed by atoms with E-state index in [1.807, 2.05) is 25.1 Å². The van der Waals surface area contributed by atoms with Crippen LogP contribution in [-0.2, 0) is 4.79 Å². The van der Waals surface area contributed by atoms with Crippen LogP contribution in [0.5, 0.6) is 0 Å². The van der Waals surface area contributed by atoms with E-state index in [-0.39, 0.29) is 11.5 Å². The van der Waals surface area contributed by atoms with Crippen LogP contribution in [0, 0.1) is 12.7 Å². The van der Waals surface area contributed by atoms with Crippen LogP contribution in [0.2, 0.25) is 0 Å². The second-order valence-corrected chi connectivity index (χ2v) is 6.25. The van der Waals surface area contributed by atoms with E-state index in [1.54, 1.807) is 36.4 Å². The van der Waals surface area contributed by atoms with Crippen LogP contribution in [0.4, 0.5) is 10.1 Å². The van der Waals surface area contributed by atoms with Gasteiger partial charge in [-0.25, -0.2) is 4.39 Å². The Bertz CT molecular complexity index is 1010. The molecule has 0 fully saturated rings. The van der Waals surface area contributed by atoms with Crippen LogP contribution in [-0.4, -0.2) is 11.8 Å². The molecule has 5 heteroatoms. The van der Waals surface area contributed by atoms with E-state index in [2.05, 4.69) is 10.6 Å². The van der Waals surface area contributed by atoms with Gasteiger partial charge in [-0.15, -0.1) is 0 Å². The number of benzene rings is 3. The van der Waals surface area contributed by atoms with Gasteiger partial charge in [-0.05, 0) is 60.5 Å². The summed E-state index contributed by atoms with van der Waals surface area (Å²) in [7, 11) is 0. The molecule has 2 amide bonds. The fourth-order valence-electron chi connectivity index (χ4n) is 2.59. The van der Waals surface area contributed by atoms with Gasteiger partial charge in [0.2, 0.25) is 0 Å². The van der Waals surface area contributed by atoms with Gasteiger partial charge in [-0.2, -0.15) is 0 Å². The molecule has 0 aliphatic rings. The van der Waals surface area contributed by atoms with Crippen molar-refractivity contribution in [3.63, 3.8) is 0 Å². The molecule has 140 valence electrons. The van der Waals surface area contributed by atoms with Gasteiger partial charge in [-0.3, -0.25) is 9.59 Å². The normalized spacial score (nSPS) is 11.0. The summed E-state index contributed by atoms with van der Waals surface area (Å²) < 4.78 is 13.2. The van der Waals surface area contributed by atoms with E-state index in [0.717, 1.165) is 5.56 Å². The van der Waals surface area contributed by atoms with E-state index >= 15 is 0 Å². The zero-order valence-electron chi connectivity index (χ0n) is 15.3. The average molecular weight is 374 g/mol. The number of amides is 2. The lowest BCUT2D eigenvalue weighted by atomic mass is 10.1. The lowest BCUT2D eigenvalue weighted by Crippen LogP contribution is -2.30. The minimum atomic E-state index is -0.473. The van der Waals surface area contributed by atoms with Gasteiger partial charge in [0.25, 0.3) is 11.8 Å². The van der Waals surface area contributed by atoms with Crippen molar-refractivity contribution in [3.8, 4) is 0 Å². The van der Waals surface area contributed by atoms with E-state index in [4.69, 9.17) is 0 Å². The Morgan fingerprint density at radius 1 is 0.893 bits per heavy atom. The molecular formula is C23H19FN2O2. The summed E-state index contributed by atoms with van der Waals surface area (Å²) in [5, 5.41) is 5.42. The highest BCUT2D eigenvalue weighted by Crippen LogP contribution is 2.13. The molecule has 3 aromatic carbocycles. The first kappa shape index (κ1) is 19.0. The Balaban J connectivity index is 1.88. The second-order valence-electron chi connectivity index (χ2n) is 6.25. The van der Waals surface area contributed by atoms with Gasteiger partial charge in [0.1, 0.15) is 11.5 Å². The maximum Gasteiger partial charge on any atom is 0.272 e. The van der Waals surface area contributed by atoms with Crippen molar-refractivity contribution in [1.82, 2.24) is 5.32 Å². The van der Waals surface area contributed by atoms with E-state index < -0.39 is 11.8 Å². The van der Waals surface area contributed by atoms with E-state index in [1.165, 1.54) is 30.3 Å². The second kappa shape index (κ2) is 8.77. The molecule has 3 aromatic rings. The molecule has 0 unspecified atom stereocenters. The number of halogens is 1. The molecule has 0 bridgehead atoms. The van der Waals surface area contributed by atoms with Crippen molar-refractivity contribution in [2.75, 3.05) is 5.32 Å². The highest BCUT2D eigenvalue weighted by Gasteiger charge is 2.15. The number of carbonyl (C=O) groups excluding carboxylic acids is 2. The van der Waals surface area contributed by atoms with E-state index in [9.17, 15) is 14.0 Å². The molecule has 2 N–H and O–H groups in total. The van der Waals surface area contributed by atoms with Crippen LogP contribution < -0.4 is 10.6 Å². The molecule has 0 saturated heterocycles. The first-order chi connectivity index (χ1) is 13.5. The number of rotatable bonds is 5. The fourth-order valence-corrected chi connectivity index (χ4v) is 2.59. The van der Waals surface area contributed by atoms with Crippen molar-refractivity contribution >= 4 is 23.6 Å². The minimum Gasteiger partial charge on any atom is -0.321 e. The van der Waals surface area contributed by atoms with Crippen LogP contribution in [0.25, 0.3) is 6.08 Å². The predicted octanol–water partition coefficient (Wildman–Crippen LogP) is 4.54. The van der Waals surface area contributed by atoms with Gasteiger partial charge in [0, 0.05) is 11.3 Å². The average Bonchev–Trinajstić information content (AvgIpc) is 2.69. The molecule has 0 aromatic heterocycles. The van der Waals surface area contributed by atoms with Gasteiger partial charge in [0.15, 0.2) is 0 Å². The van der Waals surface area contributed by atoms with Crippen molar-refractivity contribution in [3.05, 3.63) is 107 Å². The third-order valence-corrected chi connectivity index (χ3v) is 3.99. The molecule has 0 radical (unpaired) electrons. The molecule has 0 aliphatic heterocycles. The number of carbonyl (C=O) groups is 2. The summed E-state index contributed by atoms with van der Waals surface area (Å²) in [4.78, 5) is 25.3. The van der Waals surface area contributed by atoms with E-state index in [0.29, 0.717) is 16.8 Å². The first-order valence-corrected chi connectivity index (χ1v) is 8.73. The maximum absolute atomic E-state index is 13.2. The maximum atomic E-state index is 13.2. The Hall–Kier alpha value is -3.73. The summed E-state index contributed by atoms with van der Waals surface area (Å²) in [5.41, 5.74) is 2.68. The van der Waals surface area contributed by atoms with Crippen molar-refractivity contribution in [2.45, 2.75) is 6.92 Å². The Labute approximate surface area is 162 Å². The number of anilines is 1. The largest absolute Gasteiger partial charge is 0.321 e. The molecule has 28 heavy (non-hydrogen) atoms. The highest BCUT2D eigenvalue weighted by molar-refractivity contribution is 6.10. The summed E-state index contributed by atoms with van der Waals surface area (Å²) >= 11 is 0. The molecule has 0 saturated carbocycles. The van der Waals surface area contributed by atoms with Crippen molar-refractivity contribution in [1.29, 1.82) is 0 Å². The zero-order valence-corrected chi connectivity index (χ0v) is 15.3. The standard InChI is InChI=1S/C23H19FN2O2/c1-16-6-5-9-20(14-16)25-23(28)21(15-17-10-12-19(24)13-11-17)26-22(27)18-7-3-2-4-8-18/h2-15H,1H3,(H,25,28)(H,26,27)/b21-15-. The lowest BCUT2D eigenvalue weighted by molar-refractivity contribution is -0.113. The molecule has 0 aliphatic carbocycles. The molecule has 3 rings (SSSR count). The first-order valence-electron chi connectivity index (χ1n) is 8.73. The number of hydrogen-bond acceptors (Lipinski definition) is 2. The molecule has 0 heterocycles. The number of hydrogen-bond donors (Lipinski definition) is 2. The quantitative estimate of drug-likeness (QED) is 0.644. The van der Waals surface area contributed by atoms with Gasteiger partial charge in [-0.1, -0.05) is 42.5 Å². The summed E-state index contributed by atoms with van der Waals surface area (Å²) in [6, 6.07) is 21.6. The summed E-state index contributed by atoms with van der Waals surface area (Å²) in [6.45, 7) is 1.92. The fraction of sp³-hybridized carbons (Fsp3) is 0.0435. The van der Waals surface area contributed by atoms with Gasteiger partial charge in [0.05, 0.1) is 0 Å². The van der Waals surface area contributed by atoms with Crippen molar-refractivity contribution in [2.24, 2.45) is 0 Å².